The van der Waals surface area contributed by atoms with Crippen LogP contribution in [0.15, 0.2) is 24.3 Å². The molecule has 0 fully saturated rings. The quantitative estimate of drug-likeness (QED) is 0.532. The third kappa shape index (κ3) is 1.99. The maximum atomic E-state index is 9.87. The number of phenolic OH excluding ortho intramolecular Hbond substituents is 3. The number of hydrogen-bond acceptors (Lipinski definition) is 3. The van der Waals surface area contributed by atoms with Crippen molar-refractivity contribution in [3.63, 3.8) is 0 Å². The van der Waals surface area contributed by atoms with Gasteiger partial charge in [0.1, 0.15) is 5.75 Å². The van der Waals surface area contributed by atoms with Gasteiger partial charge in [-0.2, -0.15) is 0 Å². The summed E-state index contributed by atoms with van der Waals surface area (Å²) in [5, 5.41) is 28.9. The van der Waals surface area contributed by atoms with Crippen LogP contribution in [0.5, 0.6) is 17.2 Å². The highest BCUT2D eigenvalue weighted by Gasteiger charge is 2.12. The van der Waals surface area contributed by atoms with Gasteiger partial charge in [-0.25, -0.2) is 0 Å². The molecule has 0 spiro atoms. The number of aromatic hydroxyl groups is 3. The maximum Gasteiger partial charge on any atom is 0.165 e. The largest absolute Gasteiger partial charge is 0.508 e. The highest BCUT2D eigenvalue weighted by atomic mass is 16.3. The Kier molecular flexibility index (Phi) is 2.91. The average Bonchev–Trinajstić information content (AvgIpc) is 2.30. The molecule has 2 aromatic carbocycles. The molecule has 3 N–H and O–H groups in total. The monoisotopic (exact) mass is 244 g/mol. The summed E-state index contributed by atoms with van der Waals surface area (Å²) in [7, 11) is 0. The van der Waals surface area contributed by atoms with Gasteiger partial charge in [0, 0.05) is 11.6 Å². The van der Waals surface area contributed by atoms with Crippen LogP contribution in [0.2, 0.25) is 0 Å². The van der Waals surface area contributed by atoms with E-state index < -0.39 is 0 Å². The van der Waals surface area contributed by atoms with Crippen LogP contribution in [-0.2, 0) is 0 Å². The summed E-state index contributed by atoms with van der Waals surface area (Å²) in [5.41, 5.74) is 4.61. The lowest BCUT2D eigenvalue weighted by Gasteiger charge is -2.12. The number of rotatable bonds is 1. The van der Waals surface area contributed by atoms with E-state index in [0.717, 1.165) is 22.8 Å². The average molecular weight is 244 g/mol. The number of phenols is 3. The molecule has 3 nitrogen and oxygen atoms in total. The summed E-state index contributed by atoms with van der Waals surface area (Å²) < 4.78 is 0. The lowest BCUT2D eigenvalue weighted by atomic mass is 9.95. The summed E-state index contributed by atoms with van der Waals surface area (Å²) in [4.78, 5) is 0. The van der Waals surface area contributed by atoms with Gasteiger partial charge in [-0.05, 0) is 49.1 Å². The van der Waals surface area contributed by atoms with Gasteiger partial charge in [0.25, 0.3) is 0 Å². The Balaban J connectivity index is 2.69. The fourth-order valence-electron chi connectivity index (χ4n) is 2.02. The number of benzene rings is 2. The van der Waals surface area contributed by atoms with Crippen LogP contribution >= 0.6 is 0 Å². The topological polar surface area (TPSA) is 60.7 Å². The van der Waals surface area contributed by atoms with Gasteiger partial charge < -0.3 is 15.3 Å². The normalized spacial score (nSPS) is 10.6. The SMILES string of the molecule is Cc1cc(-c2cc(O)cc(O)c2O)cc(C)c1C. The van der Waals surface area contributed by atoms with Gasteiger partial charge in [-0.15, -0.1) is 0 Å². The van der Waals surface area contributed by atoms with Crippen molar-refractivity contribution in [1.29, 1.82) is 0 Å². The predicted octanol–water partition coefficient (Wildman–Crippen LogP) is 3.40. The van der Waals surface area contributed by atoms with Crippen LogP contribution < -0.4 is 0 Å². The van der Waals surface area contributed by atoms with Crippen LogP contribution in [0.1, 0.15) is 16.7 Å². The minimum absolute atomic E-state index is 0.0730. The molecule has 0 aliphatic heterocycles. The van der Waals surface area contributed by atoms with Gasteiger partial charge in [0.05, 0.1) is 0 Å². The second-order valence-electron chi connectivity index (χ2n) is 4.60. The van der Waals surface area contributed by atoms with Crippen molar-refractivity contribution in [3.8, 4) is 28.4 Å². The predicted molar refractivity (Wildman–Crippen MR) is 71.1 cm³/mol. The Labute approximate surface area is 106 Å². The summed E-state index contributed by atoms with van der Waals surface area (Å²) in [5.74, 6) is -0.604. The molecule has 3 heteroatoms. The van der Waals surface area contributed by atoms with Gasteiger partial charge in [0.2, 0.25) is 0 Å². The summed E-state index contributed by atoms with van der Waals surface area (Å²) in [6.07, 6.45) is 0. The third-order valence-corrected chi connectivity index (χ3v) is 3.31. The van der Waals surface area contributed by atoms with E-state index >= 15 is 0 Å². The molecule has 0 aromatic heterocycles. The Morgan fingerprint density at radius 2 is 1.33 bits per heavy atom. The molecule has 0 saturated heterocycles. The first-order valence-electron chi connectivity index (χ1n) is 5.73. The highest BCUT2D eigenvalue weighted by molar-refractivity contribution is 5.76. The molecule has 18 heavy (non-hydrogen) atoms. The van der Waals surface area contributed by atoms with E-state index in [1.807, 2.05) is 32.9 Å². The molecule has 0 amide bonds. The molecular formula is C15H16O3. The summed E-state index contributed by atoms with van der Waals surface area (Å²) >= 11 is 0. The van der Waals surface area contributed by atoms with Crippen molar-refractivity contribution < 1.29 is 15.3 Å². The molecule has 0 radical (unpaired) electrons. The van der Waals surface area contributed by atoms with Gasteiger partial charge in [0.15, 0.2) is 11.5 Å². The van der Waals surface area contributed by atoms with E-state index in [9.17, 15) is 15.3 Å². The van der Waals surface area contributed by atoms with Crippen LogP contribution in [0, 0.1) is 20.8 Å². The lowest BCUT2D eigenvalue weighted by Crippen LogP contribution is -1.89. The fourth-order valence-corrected chi connectivity index (χ4v) is 2.02. The van der Waals surface area contributed by atoms with E-state index in [2.05, 4.69) is 0 Å². The van der Waals surface area contributed by atoms with Gasteiger partial charge in [-0.1, -0.05) is 12.1 Å². The standard InChI is InChI=1S/C15H16O3/c1-8-4-11(5-9(2)10(8)3)13-6-12(16)7-14(17)15(13)18/h4-7,16-18H,1-3H3. The van der Waals surface area contributed by atoms with Crippen molar-refractivity contribution >= 4 is 0 Å². The first-order valence-corrected chi connectivity index (χ1v) is 5.73. The zero-order chi connectivity index (χ0) is 13.4. The first-order chi connectivity index (χ1) is 8.40. The van der Waals surface area contributed by atoms with Crippen molar-refractivity contribution in [2.45, 2.75) is 20.8 Å². The molecule has 0 aliphatic carbocycles. The zero-order valence-electron chi connectivity index (χ0n) is 10.7. The maximum absolute atomic E-state index is 9.87. The molecule has 0 heterocycles. The highest BCUT2D eigenvalue weighted by Crippen LogP contribution is 2.40. The molecular weight excluding hydrogens is 228 g/mol. The zero-order valence-corrected chi connectivity index (χ0v) is 10.7. The molecule has 0 atom stereocenters. The van der Waals surface area contributed by atoms with Gasteiger partial charge >= 0.3 is 0 Å². The lowest BCUT2D eigenvalue weighted by molar-refractivity contribution is 0.398. The van der Waals surface area contributed by atoms with Crippen molar-refractivity contribution in [2.75, 3.05) is 0 Å². The van der Waals surface area contributed by atoms with Crippen LogP contribution in [0.3, 0.4) is 0 Å². The molecule has 2 rings (SSSR count). The Hall–Kier alpha value is -2.16. The molecule has 0 saturated carbocycles. The van der Waals surface area contributed by atoms with Crippen LogP contribution in [0.4, 0.5) is 0 Å². The summed E-state index contributed by atoms with van der Waals surface area (Å²) in [6.45, 7) is 6.02. The first kappa shape index (κ1) is 12.3. The number of aryl methyl sites for hydroxylation is 2. The smallest absolute Gasteiger partial charge is 0.165 e. The molecule has 2 aromatic rings. The molecule has 0 aliphatic rings. The van der Waals surface area contributed by atoms with Gasteiger partial charge in [-0.3, -0.25) is 0 Å². The van der Waals surface area contributed by atoms with E-state index in [4.69, 9.17) is 0 Å². The third-order valence-electron chi connectivity index (χ3n) is 3.31. The van der Waals surface area contributed by atoms with Crippen LogP contribution in [-0.4, -0.2) is 15.3 Å². The Morgan fingerprint density at radius 3 is 1.89 bits per heavy atom. The van der Waals surface area contributed by atoms with Crippen molar-refractivity contribution in [1.82, 2.24) is 0 Å². The Bertz CT molecular complexity index is 592. The van der Waals surface area contributed by atoms with E-state index in [1.54, 1.807) is 0 Å². The Morgan fingerprint density at radius 1 is 0.778 bits per heavy atom. The van der Waals surface area contributed by atoms with Crippen molar-refractivity contribution in [3.05, 3.63) is 41.0 Å². The van der Waals surface area contributed by atoms with Crippen molar-refractivity contribution in [2.24, 2.45) is 0 Å². The van der Waals surface area contributed by atoms with E-state index in [1.165, 1.54) is 11.6 Å². The minimum atomic E-state index is -0.319. The second-order valence-corrected chi connectivity index (χ2v) is 4.60. The molecule has 0 bridgehead atoms. The second kappa shape index (κ2) is 4.26. The summed E-state index contributed by atoms with van der Waals surface area (Å²) in [6, 6.07) is 6.41. The van der Waals surface area contributed by atoms with E-state index in [-0.39, 0.29) is 17.2 Å². The molecule has 94 valence electrons. The van der Waals surface area contributed by atoms with Crippen LogP contribution in [0.25, 0.3) is 11.1 Å². The minimum Gasteiger partial charge on any atom is -0.508 e. The van der Waals surface area contributed by atoms with E-state index in [0.29, 0.717) is 5.56 Å². The fraction of sp³-hybridized carbons (Fsp3) is 0.200. The molecule has 0 unspecified atom stereocenters. The number of hydrogen-bond donors (Lipinski definition) is 3.